The van der Waals surface area contributed by atoms with Gasteiger partial charge in [-0.15, -0.1) is 0 Å². The smallest absolute Gasteiger partial charge is 0.303 e. The topological polar surface area (TPSA) is 97.5 Å². The SMILES string of the molecule is Cc1ccc(-c2nn3c(CCCC(=O)O)nc4ccccc4c3nc2=O)cc1. The Morgan fingerprint density at radius 1 is 1.07 bits per heavy atom. The third kappa shape index (κ3) is 3.34. The van der Waals surface area contributed by atoms with Crippen LogP contribution in [0.25, 0.3) is 27.8 Å². The fraction of sp³-hybridized carbons (Fsp3) is 0.190. The number of aromatic nitrogens is 4. The van der Waals surface area contributed by atoms with Crippen molar-refractivity contribution in [3.63, 3.8) is 0 Å². The van der Waals surface area contributed by atoms with E-state index < -0.39 is 11.5 Å². The number of carboxylic acids is 1. The van der Waals surface area contributed by atoms with E-state index >= 15 is 0 Å². The van der Waals surface area contributed by atoms with Gasteiger partial charge in [-0.1, -0.05) is 42.0 Å². The number of hydrogen-bond donors (Lipinski definition) is 1. The van der Waals surface area contributed by atoms with Crippen molar-refractivity contribution in [3.05, 3.63) is 70.3 Å². The summed E-state index contributed by atoms with van der Waals surface area (Å²) < 4.78 is 1.57. The molecule has 4 rings (SSSR count). The molecular formula is C21H18N4O3. The molecule has 2 aromatic heterocycles. The maximum Gasteiger partial charge on any atom is 0.303 e. The van der Waals surface area contributed by atoms with Gasteiger partial charge >= 0.3 is 5.97 Å². The number of aliphatic carboxylic acids is 1. The molecule has 0 saturated carbocycles. The van der Waals surface area contributed by atoms with Crippen LogP contribution in [0.2, 0.25) is 0 Å². The van der Waals surface area contributed by atoms with Crippen LogP contribution in [0, 0.1) is 6.92 Å². The molecule has 0 atom stereocenters. The molecule has 0 fully saturated rings. The van der Waals surface area contributed by atoms with Crippen molar-refractivity contribution < 1.29 is 9.90 Å². The monoisotopic (exact) mass is 374 g/mol. The number of rotatable bonds is 5. The molecule has 4 aromatic rings. The standard InChI is InChI=1S/C21H18N4O3/c1-13-9-11-14(12-10-13)19-21(28)23-20-15-5-2-3-6-16(15)22-17(25(20)24-19)7-4-8-18(26)27/h2-3,5-6,9-12H,4,7-8H2,1H3,(H,26,27). The van der Waals surface area contributed by atoms with E-state index in [1.807, 2.05) is 55.5 Å². The summed E-state index contributed by atoms with van der Waals surface area (Å²) in [6.45, 7) is 1.97. The summed E-state index contributed by atoms with van der Waals surface area (Å²) in [6.07, 6.45) is 0.871. The number of para-hydroxylation sites is 1. The number of benzene rings is 2. The second-order valence-corrected chi connectivity index (χ2v) is 6.66. The normalized spacial score (nSPS) is 11.2. The number of nitrogens with zero attached hydrogens (tertiary/aromatic N) is 4. The van der Waals surface area contributed by atoms with Crippen molar-refractivity contribution >= 4 is 22.5 Å². The fourth-order valence-electron chi connectivity index (χ4n) is 3.14. The number of carbonyl (C=O) groups is 1. The Morgan fingerprint density at radius 2 is 1.82 bits per heavy atom. The molecule has 1 N–H and O–H groups in total. The highest BCUT2D eigenvalue weighted by Crippen LogP contribution is 2.20. The van der Waals surface area contributed by atoms with Gasteiger partial charge in [-0.05, 0) is 25.5 Å². The number of carboxylic acid groups (broad SMARTS) is 1. The molecule has 7 nitrogen and oxygen atoms in total. The molecular weight excluding hydrogens is 356 g/mol. The van der Waals surface area contributed by atoms with Crippen LogP contribution in [0.15, 0.2) is 53.3 Å². The van der Waals surface area contributed by atoms with Gasteiger partial charge in [-0.3, -0.25) is 9.59 Å². The quantitative estimate of drug-likeness (QED) is 0.539. The van der Waals surface area contributed by atoms with Crippen LogP contribution < -0.4 is 5.56 Å². The minimum absolute atomic E-state index is 0.0362. The first-order valence-electron chi connectivity index (χ1n) is 9.00. The predicted octanol–water partition coefficient (Wildman–Crippen LogP) is 3.02. The highest BCUT2D eigenvalue weighted by molar-refractivity contribution is 5.91. The van der Waals surface area contributed by atoms with Gasteiger partial charge in [0.25, 0.3) is 5.56 Å². The third-order valence-corrected chi connectivity index (χ3v) is 4.57. The first-order chi connectivity index (χ1) is 13.5. The van der Waals surface area contributed by atoms with Crippen molar-refractivity contribution in [2.75, 3.05) is 0 Å². The molecule has 0 bridgehead atoms. The van der Waals surface area contributed by atoms with Crippen molar-refractivity contribution in [1.29, 1.82) is 0 Å². The summed E-state index contributed by atoms with van der Waals surface area (Å²) in [5.41, 5.74) is 2.73. The maximum atomic E-state index is 12.7. The highest BCUT2D eigenvalue weighted by atomic mass is 16.4. The van der Waals surface area contributed by atoms with Gasteiger partial charge in [0.1, 0.15) is 5.82 Å². The molecule has 0 radical (unpaired) electrons. The van der Waals surface area contributed by atoms with Crippen LogP contribution in [0.5, 0.6) is 0 Å². The van der Waals surface area contributed by atoms with Gasteiger partial charge in [0.2, 0.25) is 0 Å². The first kappa shape index (κ1) is 17.8. The fourth-order valence-corrected chi connectivity index (χ4v) is 3.14. The van der Waals surface area contributed by atoms with E-state index in [0.29, 0.717) is 35.4 Å². The van der Waals surface area contributed by atoms with E-state index in [4.69, 9.17) is 5.11 Å². The molecule has 0 aliphatic heterocycles. The lowest BCUT2D eigenvalue weighted by molar-refractivity contribution is -0.137. The van der Waals surface area contributed by atoms with Gasteiger partial charge in [0.15, 0.2) is 11.3 Å². The molecule has 7 heteroatoms. The summed E-state index contributed by atoms with van der Waals surface area (Å²) in [4.78, 5) is 32.5. The Hall–Kier alpha value is -3.61. The Balaban J connectivity index is 1.94. The summed E-state index contributed by atoms with van der Waals surface area (Å²) in [5, 5.41) is 14.2. The molecule has 0 aliphatic carbocycles. The minimum atomic E-state index is -0.858. The average molecular weight is 374 g/mol. The summed E-state index contributed by atoms with van der Waals surface area (Å²) >= 11 is 0. The van der Waals surface area contributed by atoms with Crippen LogP contribution >= 0.6 is 0 Å². The number of hydrogen-bond acceptors (Lipinski definition) is 5. The van der Waals surface area contributed by atoms with Gasteiger partial charge < -0.3 is 5.11 Å². The minimum Gasteiger partial charge on any atom is -0.481 e. The largest absolute Gasteiger partial charge is 0.481 e. The zero-order valence-electron chi connectivity index (χ0n) is 15.3. The van der Waals surface area contributed by atoms with E-state index in [-0.39, 0.29) is 12.1 Å². The number of aryl methyl sites for hydroxylation is 2. The van der Waals surface area contributed by atoms with Crippen LogP contribution in [-0.2, 0) is 11.2 Å². The van der Waals surface area contributed by atoms with Crippen molar-refractivity contribution in [2.24, 2.45) is 0 Å². The average Bonchev–Trinajstić information content (AvgIpc) is 2.68. The second kappa shape index (κ2) is 7.19. The van der Waals surface area contributed by atoms with E-state index in [9.17, 15) is 9.59 Å². The molecule has 0 saturated heterocycles. The van der Waals surface area contributed by atoms with Crippen LogP contribution in [0.4, 0.5) is 0 Å². The van der Waals surface area contributed by atoms with Crippen LogP contribution in [0.3, 0.4) is 0 Å². The lowest BCUT2D eigenvalue weighted by Crippen LogP contribution is -2.19. The Bertz CT molecular complexity index is 1250. The van der Waals surface area contributed by atoms with Gasteiger partial charge in [0.05, 0.1) is 5.52 Å². The summed E-state index contributed by atoms with van der Waals surface area (Å²) in [7, 11) is 0. The van der Waals surface area contributed by atoms with Gasteiger partial charge in [-0.2, -0.15) is 14.6 Å². The molecule has 140 valence electrons. The van der Waals surface area contributed by atoms with E-state index in [1.165, 1.54) is 0 Å². The number of fused-ring (bicyclic) bond motifs is 3. The van der Waals surface area contributed by atoms with Crippen LogP contribution in [-0.4, -0.2) is 30.7 Å². The summed E-state index contributed by atoms with van der Waals surface area (Å²) in [5.74, 6) is -0.279. The molecule has 2 aromatic carbocycles. The van der Waals surface area contributed by atoms with Crippen molar-refractivity contribution in [1.82, 2.24) is 19.6 Å². The lowest BCUT2D eigenvalue weighted by atomic mass is 10.1. The van der Waals surface area contributed by atoms with Gasteiger partial charge in [-0.25, -0.2) is 4.98 Å². The van der Waals surface area contributed by atoms with Crippen molar-refractivity contribution in [3.8, 4) is 11.3 Å². The molecule has 0 aliphatic rings. The summed E-state index contributed by atoms with van der Waals surface area (Å²) in [6, 6.07) is 14.9. The highest BCUT2D eigenvalue weighted by Gasteiger charge is 2.15. The van der Waals surface area contributed by atoms with Crippen molar-refractivity contribution in [2.45, 2.75) is 26.2 Å². The predicted molar refractivity (Wildman–Crippen MR) is 105 cm³/mol. The zero-order chi connectivity index (χ0) is 19.7. The van der Waals surface area contributed by atoms with E-state index in [0.717, 1.165) is 10.9 Å². The third-order valence-electron chi connectivity index (χ3n) is 4.57. The Kier molecular flexibility index (Phi) is 4.57. The Labute approximate surface area is 160 Å². The molecule has 0 amide bonds. The zero-order valence-corrected chi connectivity index (χ0v) is 15.3. The van der Waals surface area contributed by atoms with Gasteiger partial charge in [0, 0.05) is 23.8 Å². The Morgan fingerprint density at radius 3 is 2.57 bits per heavy atom. The van der Waals surface area contributed by atoms with E-state index in [2.05, 4.69) is 15.1 Å². The second-order valence-electron chi connectivity index (χ2n) is 6.66. The molecule has 2 heterocycles. The van der Waals surface area contributed by atoms with Crippen LogP contribution in [0.1, 0.15) is 24.2 Å². The first-order valence-corrected chi connectivity index (χ1v) is 9.00. The van der Waals surface area contributed by atoms with E-state index in [1.54, 1.807) is 4.52 Å². The lowest BCUT2D eigenvalue weighted by Gasteiger charge is -2.11. The molecule has 0 unspecified atom stereocenters. The maximum absolute atomic E-state index is 12.7. The molecule has 0 spiro atoms. The molecule has 28 heavy (non-hydrogen) atoms.